The first-order chi connectivity index (χ1) is 5.27. The molecule has 4 radical (unpaired) electrons. The van der Waals surface area contributed by atoms with E-state index in [0.717, 1.165) is 5.56 Å². The van der Waals surface area contributed by atoms with Gasteiger partial charge in [-0.25, -0.2) is 0 Å². The van der Waals surface area contributed by atoms with E-state index in [2.05, 4.69) is 0 Å². The van der Waals surface area contributed by atoms with E-state index < -0.39 is 0 Å². The van der Waals surface area contributed by atoms with Gasteiger partial charge in [-0.1, -0.05) is 23.9 Å². The Kier molecular flexibility index (Phi) is 2.38. The molecule has 11 heavy (non-hydrogen) atoms. The molecule has 0 aliphatic carbocycles. The molecular formula is C8H5B2N. The Hall–Kier alpha value is -1.16. The standard InChI is InChI=1S/C8H5B2N/c9-4-7-3-8(10)2-1-6(7)5-11/h1-3H,4H2. The molecule has 0 unspecified atom stereocenters. The van der Waals surface area contributed by atoms with Crippen LogP contribution in [0.3, 0.4) is 0 Å². The van der Waals surface area contributed by atoms with E-state index >= 15 is 0 Å². The summed E-state index contributed by atoms with van der Waals surface area (Å²) in [5.41, 5.74) is 2.04. The van der Waals surface area contributed by atoms with Gasteiger partial charge in [0.2, 0.25) is 0 Å². The highest BCUT2D eigenvalue weighted by Gasteiger charge is 1.97. The van der Waals surface area contributed by atoms with Crippen molar-refractivity contribution in [2.75, 3.05) is 0 Å². The van der Waals surface area contributed by atoms with Crippen LogP contribution in [-0.2, 0) is 6.32 Å². The zero-order valence-corrected chi connectivity index (χ0v) is 6.04. The summed E-state index contributed by atoms with van der Waals surface area (Å²) in [6, 6.07) is 7.13. The van der Waals surface area contributed by atoms with Crippen LogP contribution < -0.4 is 5.46 Å². The summed E-state index contributed by atoms with van der Waals surface area (Å²) >= 11 is 0. The highest BCUT2D eigenvalue weighted by atomic mass is 14.2. The Bertz CT molecular complexity index is 301. The first-order valence-electron chi connectivity index (χ1n) is 3.26. The van der Waals surface area contributed by atoms with Crippen LogP contribution in [0.1, 0.15) is 11.1 Å². The molecule has 0 fully saturated rings. The summed E-state index contributed by atoms with van der Waals surface area (Å²) in [6.07, 6.45) is 0.355. The molecule has 0 saturated heterocycles. The van der Waals surface area contributed by atoms with Crippen LogP contribution in [0, 0.1) is 11.3 Å². The molecule has 48 valence electrons. The maximum Gasteiger partial charge on any atom is 0.113 e. The zero-order valence-electron chi connectivity index (χ0n) is 6.04. The van der Waals surface area contributed by atoms with Gasteiger partial charge >= 0.3 is 0 Å². The smallest absolute Gasteiger partial charge is 0.113 e. The van der Waals surface area contributed by atoms with Crippen LogP contribution in [0.25, 0.3) is 0 Å². The van der Waals surface area contributed by atoms with Crippen molar-refractivity contribution in [2.24, 2.45) is 0 Å². The predicted octanol–water partition coefficient (Wildman–Crippen LogP) is 0.0206. The van der Waals surface area contributed by atoms with Crippen molar-refractivity contribution in [3.05, 3.63) is 29.3 Å². The fraction of sp³-hybridized carbons (Fsp3) is 0.125. The van der Waals surface area contributed by atoms with E-state index in [-0.39, 0.29) is 0 Å². The predicted molar refractivity (Wildman–Crippen MR) is 46.0 cm³/mol. The molecule has 0 heterocycles. The summed E-state index contributed by atoms with van der Waals surface area (Å²) in [5, 5.41) is 8.59. The normalized spacial score (nSPS) is 9.00. The zero-order chi connectivity index (χ0) is 8.27. The molecule has 1 nitrogen and oxygen atoms in total. The summed E-state index contributed by atoms with van der Waals surface area (Å²) in [7, 11) is 10.9. The second-order valence-electron chi connectivity index (χ2n) is 2.23. The molecule has 0 N–H and O–H groups in total. The summed E-state index contributed by atoms with van der Waals surface area (Å²) < 4.78 is 0. The molecule has 0 spiro atoms. The van der Waals surface area contributed by atoms with Gasteiger partial charge in [0.15, 0.2) is 0 Å². The Morgan fingerprint density at radius 2 is 2.18 bits per heavy atom. The number of benzene rings is 1. The minimum Gasteiger partial charge on any atom is -0.192 e. The van der Waals surface area contributed by atoms with Crippen LogP contribution in [0.4, 0.5) is 0 Å². The van der Waals surface area contributed by atoms with Gasteiger partial charge in [0.05, 0.1) is 19.5 Å². The van der Waals surface area contributed by atoms with E-state index in [1.165, 1.54) is 0 Å². The molecule has 0 aliphatic rings. The number of hydrogen-bond donors (Lipinski definition) is 0. The average Bonchev–Trinajstić information content (AvgIpc) is 2.04. The molecule has 1 aromatic carbocycles. The Labute approximate surface area is 68.9 Å². The molecule has 3 heteroatoms. The van der Waals surface area contributed by atoms with E-state index in [0.29, 0.717) is 17.3 Å². The van der Waals surface area contributed by atoms with Crippen LogP contribution in [0.15, 0.2) is 18.2 Å². The van der Waals surface area contributed by atoms with E-state index in [1.54, 1.807) is 18.2 Å². The van der Waals surface area contributed by atoms with Crippen molar-refractivity contribution in [2.45, 2.75) is 6.32 Å². The van der Waals surface area contributed by atoms with Gasteiger partial charge in [-0.2, -0.15) is 5.26 Å². The van der Waals surface area contributed by atoms with Crippen molar-refractivity contribution in [3.63, 3.8) is 0 Å². The van der Waals surface area contributed by atoms with Gasteiger partial charge in [0.25, 0.3) is 0 Å². The molecule has 1 rings (SSSR count). The Morgan fingerprint density at radius 1 is 1.45 bits per heavy atom. The third-order valence-electron chi connectivity index (χ3n) is 1.47. The van der Waals surface area contributed by atoms with Crippen molar-refractivity contribution in [1.29, 1.82) is 5.26 Å². The SMILES string of the molecule is [B]Cc1cc([B])ccc1C#N. The van der Waals surface area contributed by atoms with Gasteiger partial charge in [-0.3, -0.25) is 0 Å². The van der Waals surface area contributed by atoms with Crippen molar-refractivity contribution < 1.29 is 0 Å². The van der Waals surface area contributed by atoms with E-state index in [1.807, 2.05) is 6.07 Å². The minimum atomic E-state index is 0.355. The molecule has 0 bridgehead atoms. The van der Waals surface area contributed by atoms with Gasteiger partial charge in [-0.05, 0) is 11.6 Å². The Morgan fingerprint density at radius 3 is 2.73 bits per heavy atom. The second kappa shape index (κ2) is 3.30. The van der Waals surface area contributed by atoms with Gasteiger partial charge in [-0.15, -0.1) is 0 Å². The first kappa shape index (κ1) is 7.94. The van der Waals surface area contributed by atoms with Crippen LogP contribution in [0.5, 0.6) is 0 Å². The van der Waals surface area contributed by atoms with Gasteiger partial charge in [0.1, 0.15) is 7.85 Å². The molecular weight excluding hydrogens is 132 g/mol. The van der Waals surface area contributed by atoms with E-state index in [4.69, 9.17) is 21.0 Å². The van der Waals surface area contributed by atoms with Crippen molar-refractivity contribution in [1.82, 2.24) is 0 Å². The average molecular weight is 137 g/mol. The molecule has 0 saturated carbocycles. The maximum atomic E-state index is 8.59. The van der Waals surface area contributed by atoms with Crippen LogP contribution >= 0.6 is 0 Å². The number of hydrogen-bond acceptors (Lipinski definition) is 1. The lowest BCUT2D eigenvalue weighted by Gasteiger charge is -2.00. The first-order valence-corrected chi connectivity index (χ1v) is 3.26. The van der Waals surface area contributed by atoms with Crippen molar-refractivity contribution in [3.8, 4) is 6.07 Å². The quantitative estimate of drug-likeness (QED) is 0.500. The second-order valence-corrected chi connectivity index (χ2v) is 2.23. The highest BCUT2D eigenvalue weighted by molar-refractivity contribution is 6.32. The molecule has 0 aliphatic heterocycles. The summed E-state index contributed by atoms with van der Waals surface area (Å²) in [6.45, 7) is 0. The summed E-state index contributed by atoms with van der Waals surface area (Å²) in [4.78, 5) is 0. The van der Waals surface area contributed by atoms with Crippen LogP contribution in [0.2, 0.25) is 0 Å². The van der Waals surface area contributed by atoms with Gasteiger partial charge < -0.3 is 0 Å². The van der Waals surface area contributed by atoms with Crippen LogP contribution in [-0.4, -0.2) is 15.7 Å². The lowest BCUT2D eigenvalue weighted by atomic mass is 9.87. The van der Waals surface area contributed by atoms with E-state index in [9.17, 15) is 0 Å². The molecule has 0 amide bonds. The fourth-order valence-corrected chi connectivity index (χ4v) is 0.892. The van der Waals surface area contributed by atoms with Crippen molar-refractivity contribution >= 4 is 21.2 Å². The Balaban J connectivity index is 3.19. The maximum absolute atomic E-state index is 8.59. The lowest BCUT2D eigenvalue weighted by Crippen LogP contribution is -2.04. The van der Waals surface area contributed by atoms with Gasteiger partial charge in [0, 0.05) is 0 Å². The number of nitrogens with zero attached hydrogens (tertiary/aromatic N) is 1. The fourth-order valence-electron chi connectivity index (χ4n) is 0.892. The topological polar surface area (TPSA) is 23.8 Å². The molecule has 1 aromatic rings. The highest BCUT2D eigenvalue weighted by Crippen LogP contribution is 2.04. The third kappa shape index (κ3) is 1.65. The minimum absolute atomic E-state index is 0.355. The number of nitriles is 1. The monoisotopic (exact) mass is 137 g/mol. The number of rotatable bonds is 1. The lowest BCUT2D eigenvalue weighted by molar-refractivity contribution is 1.36. The molecule has 0 aromatic heterocycles. The largest absolute Gasteiger partial charge is 0.192 e. The summed E-state index contributed by atoms with van der Waals surface area (Å²) in [5.74, 6) is 0. The molecule has 0 atom stereocenters. The third-order valence-corrected chi connectivity index (χ3v) is 1.47.